The van der Waals surface area contributed by atoms with Crippen LogP contribution in [0.15, 0.2) is 42.7 Å². The average molecular weight is 299 g/mol. The van der Waals surface area contributed by atoms with Gasteiger partial charge in [0.25, 0.3) is 5.91 Å². The molecule has 1 aromatic heterocycles. The van der Waals surface area contributed by atoms with Crippen molar-refractivity contribution < 1.29 is 14.3 Å². The van der Waals surface area contributed by atoms with Crippen molar-refractivity contribution in [3.63, 3.8) is 0 Å². The Morgan fingerprint density at radius 2 is 1.73 bits per heavy atom. The van der Waals surface area contributed by atoms with Crippen LogP contribution in [0.2, 0.25) is 0 Å². The SMILES string of the molecule is CCOC(=O)Nc1ccc(NC(=O)c2ccncc2C)cc1. The largest absolute Gasteiger partial charge is 0.450 e. The number of nitrogens with one attached hydrogen (secondary N) is 2. The van der Waals surface area contributed by atoms with Gasteiger partial charge in [-0.25, -0.2) is 4.79 Å². The Hall–Kier alpha value is -2.89. The quantitative estimate of drug-likeness (QED) is 0.908. The van der Waals surface area contributed by atoms with E-state index in [2.05, 4.69) is 15.6 Å². The summed E-state index contributed by atoms with van der Waals surface area (Å²) >= 11 is 0. The standard InChI is InChI=1S/C16H17N3O3/c1-3-22-16(21)19-13-6-4-12(5-7-13)18-15(20)14-8-9-17-10-11(14)2/h4-10H,3H2,1-2H3,(H,18,20)(H,19,21). The highest BCUT2D eigenvalue weighted by Crippen LogP contribution is 2.15. The summed E-state index contributed by atoms with van der Waals surface area (Å²) in [6.45, 7) is 3.87. The Morgan fingerprint density at radius 1 is 1.09 bits per heavy atom. The highest BCUT2D eigenvalue weighted by molar-refractivity contribution is 6.05. The number of ether oxygens (including phenoxy) is 1. The third kappa shape index (κ3) is 4.05. The first kappa shape index (κ1) is 15.5. The molecule has 6 heteroatoms. The molecule has 0 bridgehead atoms. The lowest BCUT2D eigenvalue weighted by Gasteiger charge is -2.09. The molecule has 1 heterocycles. The molecule has 0 radical (unpaired) electrons. The molecule has 0 unspecified atom stereocenters. The summed E-state index contributed by atoms with van der Waals surface area (Å²) in [5.41, 5.74) is 2.61. The van der Waals surface area contributed by atoms with Gasteiger partial charge in [0.1, 0.15) is 0 Å². The van der Waals surface area contributed by atoms with Crippen LogP contribution in [0.5, 0.6) is 0 Å². The zero-order valence-electron chi connectivity index (χ0n) is 12.4. The van der Waals surface area contributed by atoms with Gasteiger partial charge in [-0.05, 0) is 49.7 Å². The van der Waals surface area contributed by atoms with Crippen LogP contribution in [0, 0.1) is 6.92 Å². The Kier molecular flexibility index (Phi) is 5.08. The van der Waals surface area contributed by atoms with Gasteiger partial charge in [-0.3, -0.25) is 15.1 Å². The van der Waals surface area contributed by atoms with E-state index in [1.165, 1.54) is 0 Å². The van der Waals surface area contributed by atoms with E-state index in [1.807, 2.05) is 6.92 Å². The topological polar surface area (TPSA) is 80.3 Å². The van der Waals surface area contributed by atoms with Gasteiger partial charge in [-0.2, -0.15) is 0 Å². The summed E-state index contributed by atoms with van der Waals surface area (Å²) in [6, 6.07) is 8.45. The van der Waals surface area contributed by atoms with E-state index in [4.69, 9.17) is 4.74 Å². The molecule has 2 aromatic rings. The first-order valence-corrected chi connectivity index (χ1v) is 6.86. The Morgan fingerprint density at radius 3 is 2.32 bits per heavy atom. The van der Waals surface area contributed by atoms with Crippen LogP contribution < -0.4 is 10.6 Å². The molecule has 2 amide bonds. The van der Waals surface area contributed by atoms with Gasteiger partial charge in [0.2, 0.25) is 0 Å². The van der Waals surface area contributed by atoms with E-state index < -0.39 is 6.09 Å². The molecule has 22 heavy (non-hydrogen) atoms. The lowest BCUT2D eigenvalue weighted by molar-refractivity contribution is 0.102. The molecule has 0 fully saturated rings. The number of anilines is 2. The van der Waals surface area contributed by atoms with Gasteiger partial charge in [0, 0.05) is 29.3 Å². The third-order valence-electron chi connectivity index (χ3n) is 2.93. The first-order chi connectivity index (χ1) is 10.6. The summed E-state index contributed by atoms with van der Waals surface area (Å²) in [5, 5.41) is 5.38. The molecule has 0 aliphatic rings. The zero-order chi connectivity index (χ0) is 15.9. The Bertz CT molecular complexity index is 669. The number of aryl methyl sites for hydroxylation is 1. The van der Waals surface area contributed by atoms with Crippen LogP contribution in [-0.4, -0.2) is 23.6 Å². The number of amides is 2. The van der Waals surface area contributed by atoms with E-state index in [-0.39, 0.29) is 5.91 Å². The van der Waals surface area contributed by atoms with Crippen LogP contribution in [0.25, 0.3) is 0 Å². The number of hydrogen-bond acceptors (Lipinski definition) is 4. The van der Waals surface area contributed by atoms with Gasteiger partial charge in [-0.15, -0.1) is 0 Å². The minimum atomic E-state index is -0.508. The van der Waals surface area contributed by atoms with Gasteiger partial charge in [0.15, 0.2) is 0 Å². The van der Waals surface area contributed by atoms with Crippen molar-refractivity contribution in [2.45, 2.75) is 13.8 Å². The van der Waals surface area contributed by atoms with Crippen molar-refractivity contribution >= 4 is 23.4 Å². The van der Waals surface area contributed by atoms with Gasteiger partial charge in [0.05, 0.1) is 6.61 Å². The highest BCUT2D eigenvalue weighted by Gasteiger charge is 2.09. The minimum Gasteiger partial charge on any atom is -0.450 e. The number of nitrogens with zero attached hydrogens (tertiary/aromatic N) is 1. The van der Waals surface area contributed by atoms with Gasteiger partial charge in [-0.1, -0.05) is 0 Å². The Balaban J connectivity index is 2.01. The van der Waals surface area contributed by atoms with Crippen LogP contribution >= 0.6 is 0 Å². The van der Waals surface area contributed by atoms with E-state index in [1.54, 1.807) is 49.6 Å². The summed E-state index contributed by atoms with van der Waals surface area (Å²) in [7, 11) is 0. The number of rotatable bonds is 4. The van der Waals surface area contributed by atoms with Crippen molar-refractivity contribution in [1.29, 1.82) is 0 Å². The lowest BCUT2D eigenvalue weighted by atomic mass is 10.1. The second kappa shape index (κ2) is 7.21. The molecule has 114 valence electrons. The molecule has 0 saturated heterocycles. The number of benzene rings is 1. The van der Waals surface area contributed by atoms with E-state index in [0.717, 1.165) is 5.56 Å². The number of carbonyl (C=O) groups is 2. The predicted octanol–water partition coefficient (Wildman–Crippen LogP) is 3.21. The maximum atomic E-state index is 12.2. The summed E-state index contributed by atoms with van der Waals surface area (Å²) in [6.07, 6.45) is 2.71. The van der Waals surface area contributed by atoms with E-state index in [9.17, 15) is 9.59 Å². The fourth-order valence-electron chi connectivity index (χ4n) is 1.85. The first-order valence-electron chi connectivity index (χ1n) is 6.86. The molecule has 1 aromatic carbocycles. The molecule has 6 nitrogen and oxygen atoms in total. The smallest absolute Gasteiger partial charge is 0.411 e. The van der Waals surface area contributed by atoms with Crippen molar-refractivity contribution in [2.75, 3.05) is 17.2 Å². The fraction of sp³-hybridized carbons (Fsp3) is 0.188. The molecule has 0 atom stereocenters. The maximum Gasteiger partial charge on any atom is 0.411 e. The van der Waals surface area contributed by atoms with Gasteiger partial charge >= 0.3 is 6.09 Å². The second-order valence-corrected chi connectivity index (χ2v) is 4.57. The lowest BCUT2D eigenvalue weighted by Crippen LogP contribution is -2.14. The predicted molar refractivity (Wildman–Crippen MR) is 84.0 cm³/mol. The minimum absolute atomic E-state index is 0.203. The summed E-state index contributed by atoms with van der Waals surface area (Å²) < 4.78 is 4.79. The Labute approximate surface area is 128 Å². The number of aromatic nitrogens is 1. The van der Waals surface area contributed by atoms with Crippen LogP contribution in [0.1, 0.15) is 22.8 Å². The second-order valence-electron chi connectivity index (χ2n) is 4.57. The molecule has 0 aliphatic heterocycles. The monoisotopic (exact) mass is 299 g/mol. The van der Waals surface area contributed by atoms with Crippen molar-refractivity contribution in [1.82, 2.24) is 4.98 Å². The van der Waals surface area contributed by atoms with Crippen molar-refractivity contribution in [3.8, 4) is 0 Å². The number of carbonyl (C=O) groups excluding carboxylic acids is 2. The molecular weight excluding hydrogens is 282 g/mol. The number of pyridine rings is 1. The molecule has 2 rings (SSSR count). The van der Waals surface area contributed by atoms with Crippen molar-refractivity contribution in [2.24, 2.45) is 0 Å². The van der Waals surface area contributed by atoms with E-state index >= 15 is 0 Å². The average Bonchev–Trinajstić information content (AvgIpc) is 2.50. The number of hydrogen-bond donors (Lipinski definition) is 2. The maximum absolute atomic E-state index is 12.2. The van der Waals surface area contributed by atoms with Crippen LogP contribution in [0.4, 0.5) is 16.2 Å². The molecular formula is C16H17N3O3. The molecule has 2 N–H and O–H groups in total. The third-order valence-corrected chi connectivity index (χ3v) is 2.93. The summed E-state index contributed by atoms with van der Waals surface area (Å²) in [5.74, 6) is -0.203. The van der Waals surface area contributed by atoms with Crippen LogP contribution in [-0.2, 0) is 4.74 Å². The fourth-order valence-corrected chi connectivity index (χ4v) is 1.85. The van der Waals surface area contributed by atoms with E-state index in [0.29, 0.717) is 23.5 Å². The van der Waals surface area contributed by atoms with Crippen LogP contribution in [0.3, 0.4) is 0 Å². The highest BCUT2D eigenvalue weighted by atomic mass is 16.5. The molecule has 0 spiro atoms. The van der Waals surface area contributed by atoms with Crippen molar-refractivity contribution in [3.05, 3.63) is 53.9 Å². The molecule has 0 aliphatic carbocycles. The summed E-state index contributed by atoms with van der Waals surface area (Å²) in [4.78, 5) is 27.4. The van der Waals surface area contributed by atoms with Gasteiger partial charge < -0.3 is 10.1 Å². The normalized spacial score (nSPS) is 9.91. The zero-order valence-corrected chi connectivity index (χ0v) is 12.4. The molecule has 0 saturated carbocycles.